The highest BCUT2D eigenvalue weighted by atomic mass is 16.5. The van der Waals surface area contributed by atoms with Gasteiger partial charge < -0.3 is 14.8 Å². The quantitative estimate of drug-likeness (QED) is 0.876. The minimum absolute atomic E-state index is 0.0802. The van der Waals surface area contributed by atoms with Crippen LogP contribution >= 0.6 is 0 Å². The van der Waals surface area contributed by atoms with E-state index in [9.17, 15) is 4.79 Å². The molecule has 0 fully saturated rings. The molecule has 0 spiro atoms. The third kappa shape index (κ3) is 4.32. The predicted octanol–water partition coefficient (Wildman–Crippen LogP) is 3.52. The third-order valence-electron chi connectivity index (χ3n) is 4.58. The van der Waals surface area contributed by atoms with E-state index in [4.69, 9.17) is 9.47 Å². The Balaban J connectivity index is 1.64. The fourth-order valence-corrected chi connectivity index (χ4v) is 3.27. The Labute approximate surface area is 149 Å². The summed E-state index contributed by atoms with van der Waals surface area (Å²) in [6.07, 6.45) is 2.47. The zero-order chi connectivity index (χ0) is 17.6. The molecule has 0 aromatic heterocycles. The molecular formula is C21H25NO3. The molecule has 0 radical (unpaired) electrons. The summed E-state index contributed by atoms with van der Waals surface area (Å²) in [6, 6.07) is 14.5. The van der Waals surface area contributed by atoms with Crippen LogP contribution < -0.4 is 14.8 Å². The van der Waals surface area contributed by atoms with Crippen molar-refractivity contribution >= 4 is 5.91 Å². The first kappa shape index (κ1) is 17.3. The molecule has 25 heavy (non-hydrogen) atoms. The average Bonchev–Trinajstić information content (AvgIpc) is 2.65. The van der Waals surface area contributed by atoms with Crippen molar-refractivity contribution in [2.75, 3.05) is 13.7 Å². The number of amides is 1. The molecule has 1 N–H and O–H groups in total. The number of fused-ring (bicyclic) bond motifs is 1. The van der Waals surface area contributed by atoms with Gasteiger partial charge >= 0.3 is 0 Å². The number of para-hydroxylation sites is 1. The summed E-state index contributed by atoms with van der Waals surface area (Å²) in [5.41, 5.74) is 3.63. The Morgan fingerprint density at radius 2 is 2.04 bits per heavy atom. The number of nitrogens with one attached hydrogen (secondary N) is 1. The Morgan fingerprint density at radius 1 is 1.24 bits per heavy atom. The van der Waals surface area contributed by atoms with Crippen LogP contribution in [0.2, 0.25) is 0 Å². The van der Waals surface area contributed by atoms with Gasteiger partial charge in [0.1, 0.15) is 0 Å². The minimum Gasteiger partial charge on any atom is -0.493 e. The van der Waals surface area contributed by atoms with E-state index in [1.165, 1.54) is 11.1 Å². The zero-order valence-corrected chi connectivity index (χ0v) is 14.9. The number of benzene rings is 2. The van der Waals surface area contributed by atoms with Crippen molar-refractivity contribution in [3.05, 3.63) is 59.2 Å². The zero-order valence-electron chi connectivity index (χ0n) is 14.9. The van der Waals surface area contributed by atoms with Crippen molar-refractivity contribution < 1.29 is 14.3 Å². The van der Waals surface area contributed by atoms with Crippen LogP contribution in [0.15, 0.2) is 42.5 Å². The summed E-state index contributed by atoms with van der Waals surface area (Å²) < 4.78 is 11.3. The summed E-state index contributed by atoms with van der Waals surface area (Å²) >= 11 is 0. The van der Waals surface area contributed by atoms with Crippen molar-refractivity contribution in [3.8, 4) is 11.5 Å². The van der Waals surface area contributed by atoms with E-state index < -0.39 is 0 Å². The molecular weight excluding hydrogens is 314 g/mol. The number of hydrogen-bond donors (Lipinski definition) is 1. The monoisotopic (exact) mass is 339 g/mol. The number of carbonyl (C=O) groups excluding carboxylic acids is 1. The van der Waals surface area contributed by atoms with Crippen molar-refractivity contribution in [1.82, 2.24) is 5.32 Å². The Morgan fingerprint density at radius 3 is 2.84 bits per heavy atom. The largest absolute Gasteiger partial charge is 0.493 e. The number of hydrogen-bond acceptors (Lipinski definition) is 3. The highest BCUT2D eigenvalue weighted by Gasteiger charge is 2.22. The van der Waals surface area contributed by atoms with Gasteiger partial charge in [0.25, 0.3) is 0 Å². The number of methoxy groups -OCH3 is 1. The third-order valence-corrected chi connectivity index (χ3v) is 4.58. The van der Waals surface area contributed by atoms with Gasteiger partial charge in [-0.2, -0.15) is 0 Å². The first-order chi connectivity index (χ1) is 12.2. The van der Waals surface area contributed by atoms with Crippen molar-refractivity contribution in [1.29, 1.82) is 0 Å². The standard InChI is InChI=1S/C21H25NO3/c1-3-20(23)22-13-16-7-4-6-15(10-16)11-17-12-18-8-5-9-19(24-2)21(18)25-14-17/h4-10,17H,3,11-14H2,1-2H3,(H,22,23)/t17-/m0/s1. The molecule has 1 atom stereocenters. The van der Waals surface area contributed by atoms with Crippen LogP contribution in [0.25, 0.3) is 0 Å². The maximum absolute atomic E-state index is 11.4. The summed E-state index contributed by atoms with van der Waals surface area (Å²) in [4.78, 5) is 11.4. The molecule has 2 aromatic carbocycles. The van der Waals surface area contributed by atoms with Crippen LogP contribution in [0, 0.1) is 5.92 Å². The van der Waals surface area contributed by atoms with Gasteiger partial charge in [-0.25, -0.2) is 0 Å². The summed E-state index contributed by atoms with van der Waals surface area (Å²) in [6.45, 7) is 3.15. The predicted molar refractivity (Wildman–Crippen MR) is 98.0 cm³/mol. The summed E-state index contributed by atoms with van der Waals surface area (Å²) in [7, 11) is 1.67. The van der Waals surface area contributed by atoms with E-state index in [2.05, 4.69) is 35.6 Å². The highest BCUT2D eigenvalue weighted by molar-refractivity contribution is 5.75. The van der Waals surface area contributed by atoms with E-state index in [0.29, 0.717) is 25.5 Å². The normalized spacial score (nSPS) is 15.8. The Kier molecular flexibility index (Phi) is 5.59. The fourth-order valence-electron chi connectivity index (χ4n) is 3.27. The van der Waals surface area contributed by atoms with Crippen LogP contribution in [0.4, 0.5) is 0 Å². The minimum atomic E-state index is 0.0802. The van der Waals surface area contributed by atoms with Crippen molar-refractivity contribution in [2.45, 2.75) is 32.7 Å². The molecule has 1 aliphatic heterocycles. The van der Waals surface area contributed by atoms with Crippen molar-refractivity contribution in [3.63, 3.8) is 0 Å². The van der Waals surface area contributed by atoms with Gasteiger partial charge in [-0.15, -0.1) is 0 Å². The molecule has 1 aliphatic rings. The Hall–Kier alpha value is -2.49. The second-order valence-electron chi connectivity index (χ2n) is 6.48. The van der Waals surface area contributed by atoms with Crippen LogP contribution in [0.3, 0.4) is 0 Å². The molecule has 0 aliphatic carbocycles. The molecule has 0 unspecified atom stereocenters. The van der Waals surface area contributed by atoms with Crippen LogP contribution in [-0.4, -0.2) is 19.6 Å². The average molecular weight is 339 g/mol. The fraction of sp³-hybridized carbons (Fsp3) is 0.381. The van der Waals surface area contributed by atoms with Gasteiger partial charge in [-0.3, -0.25) is 4.79 Å². The molecule has 4 heteroatoms. The lowest BCUT2D eigenvalue weighted by Gasteiger charge is -2.26. The van der Waals surface area contributed by atoms with Crippen LogP contribution in [0.5, 0.6) is 11.5 Å². The first-order valence-corrected chi connectivity index (χ1v) is 8.82. The van der Waals surface area contributed by atoms with Gasteiger partial charge in [-0.1, -0.05) is 43.3 Å². The van der Waals surface area contributed by atoms with E-state index in [0.717, 1.165) is 29.9 Å². The molecule has 2 aromatic rings. The molecule has 4 nitrogen and oxygen atoms in total. The topological polar surface area (TPSA) is 47.6 Å². The van der Waals surface area contributed by atoms with Crippen molar-refractivity contribution in [2.24, 2.45) is 5.92 Å². The molecule has 3 rings (SSSR count). The van der Waals surface area contributed by atoms with Gasteiger partial charge in [0.15, 0.2) is 11.5 Å². The maximum Gasteiger partial charge on any atom is 0.219 e. The van der Waals surface area contributed by atoms with E-state index in [1.807, 2.05) is 19.1 Å². The van der Waals surface area contributed by atoms with Gasteiger partial charge in [0.2, 0.25) is 5.91 Å². The van der Waals surface area contributed by atoms with Gasteiger partial charge in [0, 0.05) is 18.9 Å². The number of carbonyl (C=O) groups is 1. The lowest BCUT2D eigenvalue weighted by atomic mass is 9.90. The SMILES string of the molecule is CCC(=O)NCc1cccc(C[C@@H]2COc3c(cccc3OC)C2)c1. The van der Waals surface area contributed by atoms with E-state index in [1.54, 1.807) is 7.11 Å². The molecule has 0 bridgehead atoms. The second-order valence-corrected chi connectivity index (χ2v) is 6.48. The molecule has 1 amide bonds. The second kappa shape index (κ2) is 8.06. The lowest BCUT2D eigenvalue weighted by Crippen LogP contribution is -2.23. The van der Waals surface area contributed by atoms with Crippen LogP contribution in [0.1, 0.15) is 30.0 Å². The Bertz CT molecular complexity index is 742. The lowest BCUT2D eigenvalue weighted by molar-refractivity contribution is -0.120. The van der Waals surface area contributed by atoms with Crippen LogP contribution in [-0.2, 0) is 24.2 Å². The highest BCUT2D eigenvalue weighted by Crippen LogP contribution is 2.36. The molecule has 1 heterocycles. The molecule has 0 saturated heterocycles. The van der Waals surface area contributed by atoms with Gasteiger partial charge in [-0.05, 0) is 35.6 Å². The number of ether oxygens (including phenoxy) is 2. The number of rotatable bonds is 6. The first-order valence-electron chi connectivity index (χ1n) is 8.82. The van der Waals surface area contributed by atoms with Gasteiger partial charge in [0.05, 0.1) is 13.7 Å². The summed E-state index contributed by atoms with van der Waals surface area (Å²) in [5.74, 6) is 2.22. The van der Waals surface area contributed by atoms with E-state index >= 15 is 0 Å². The summed E-state index contributed by atoms with van der Waals surface area (Å²) in [5, 5.41) is 2.93. The maximum atomic E-state index is 11.4. The molecule has 0 saturated carbocycles. The smallest absolute Gasteiger partial charge is 0.219 e. The van der Waals surface area contributed by atoms with E-state index in [-0.39, 0.29) is 5.91 Å². The molecule has 132 valence electrons.